The van der Waals surface area contributed by atoms with Crippen LogP contribution in [0.25, 0.3) is 0 Å². The van der Waals surface area contributed by atoms with Crippen LogP contribution in [0.1, 0.15) is 30.1 Å². The monoisotopic (exact) mass is 387 g/mol. The van der Waals surface area contributed by atoms with Crippen LogP contribution in [-0.2, 0) is 0 Å². The predicted octanol–water partition coefficient (Wildman–Crippen LogP) is 4.10. The molecule has 2 atom stereocenters. The van der Waals surface area contributed by atoms with Crippen molar-refractivity contribution in [2.24, 2.45) is 5.92 Å². The SMILES string of the molecule is CC1C(NC(=O)c2ccc(Sc3cc(Cl)ccn3)cc2)C2CCN1CC2. The zero-order chi connectivity index (χ0) is 18.1. The molecule has 1 aromatic heterocycles. The Balaban J connectivity index is 1.41. The van der Waals surface area contributed by atoms with E-state index in [9.17, 15) is 4.79 Å². The second-order valence-corrected chi connectivity index (χ2v) is 8.58. The average molecular weight is 388 g/mol. The molecular formula is C20H22ClN3OS. The number of hydrogen-bond donors (Lipinski definition) is 1. The molecule has 4 nitrogen and oxygen atoms in total. The number of carbonyl (C=O) groups is 1. The van der Waals surface area contributed by atoms with Crippen molar-refractivity contribution in [2.45, 2.75) is 41.8 Å². The number of nitrogens with one attached hydrogen (secondary N) is 1. The van der Waals surface area contributed by atoms with Gasteiger partial charge in [-0.1, -0.05) is 23.4 Å². The van der Waals surface area contributed by atoms with Crippen molar-refractivity contribution >= 4 is 29.3 Å². The first-order valence-electron chi connectivity index (χ1n) is 9.04. The number of nitrogens with zero attached hydrogens (tertiary/aromatic N) is 2. The lowest BCUT2D eigenvalue weighted by atomic mass is 9.79. The topological polar surface area (TPSA) is 45.2 Å². The van der Waals surface area contributed by atoms with Crippen molar-refractivity contribution in [1.82, 2.24) is 15.2 Å². The van der Waals surface area contributed by atoms with E-state index >= 15 is 0 Å². The van der Waals surface area contributed by atoms with E-state index < -0.39 is 0 Å². The van der Waals surface area contributed by atoms with E-state index in [-0.39, 0.29) is 11.9 Å². The van der Waals surface area contributed by atoms with Crippen LogP contribution in [0.3, 0.4) is 0 Å². The molecule has 1 amide bonds. The molecule has 6 heteroatoms. The number of pyridine rings is 1. The van der Waals surface area contributed by atoms with Crippen LogP contribution < -0.4 is 5.32 Å². The minimum Gasteiger partial charge on any atom is -0.347 e. The van der Waals surface area contributed by atoms with Gasteiger partial charge in [0.05, 0.1) is 0 Å². The molecule has 26 heavy (non-hydrogen) atoms. The molecule has 3 fully saturated rings. The molecule has 3 aliphatic rings. The van der Waals surface area contributed by atoms with E-state index in [1.165, 1.54) is 37.7 Å². The van der Waals surface area contributed by atoms with E-state index in [4.69, 9.17) is 11.6 Å². The number of benzene rings is 1. The molecule has 2 unspecified atom stereocenters. The number of aromatic nitrogens is 1. The lowest BCUT2D eigenvalue weighted by Gasteiger charge is -2.49. The minimum absolute atomic E-state index is 0.0213. The molecular weight excluding hydrogens is 366 g/mol. The van der Waals surface area contributed by atoms with Crippen molar-refractivity contribution in [3.8, 4) is 0 Å². The number of piperidine rings is 3. The molecule has 0 saturated carbocycles. The van der Waals surface area contributed by atoms with E-state index in [2.05, 4.69) is 22.1 Å². The number of rotatable bonds is 4. The Morgan fingerprint density at radius 1 is 1.23 bits per heavy atom. The molecule has 0 radical (unpaired) electrons. The second kappa shape index (κ2) is 7.59. The van der Waals surface area contributed by atoms with E-state index in [1.54, 1.807) is 12.3 Å². The number of hydrogen-bond acceptors (Lipinski definition) is 4. The van der Waals surface area contributed by atoms with Crippen molar-refractivity contribution < 1.29 is 4.79 Å². The van der Waals surface area contributed by atoms with Crippen LogP contribution in [0.4, 0.5) is 0 Å². The molecule has 0 aliphatic carbocycles. The van der Waals surface area contributed by atoms with Gasteiger partial charge in [0.25, 0.3) is 5.91 Å². The third-order valence-electron chi connectivity index (χ3n) is 5.51. The standard InChI is InChI=1S/C20H22ClN3OS/c1-13-19(14-7-10-24(13)11-8-14)23-20(25)15-2-4-17(5-3-15)26-18-12-16(21)6-9-22-18/h2-6,9,12-14,19H,7-8,10-11H2,1H3,(H,23,25). The Bertz CT molecular complexity index is 788. The summed E-state index contributed by atoms with van der Waals surface area (Å²) in [6.45, 7) is 4.57. The zero-order valence-electron chi connectivity index (χ0n) is 14.7. The molecule has 136 valence electrons. The van der Waals surface area contributed by atoms with Gasteiger partial charge in [-0.15, -0.1) is 0 Å². The first kappa shape index (κ1) is 17.8. The molecule has 1 N–H and O–H groups in total. The third-order valence-corrected chi connectivity index (χ3v) is 6.69. The van der Waals surface area contributed by atoms with Gasteiger partial charge >= 0.3 is 0 Å². The Morgan fingerprint density at radius 3 is 2.62 bits per heavy atom. The number of carbonyl (C=O) groups excluding carboxylic acids is 1. The third kappa shape index (κ3) is 3.75. The normalized spacial score (nSPS) is 27.3. The smallest absolute Gasteiger partial charge is 0.251 e. The first-order valence-corrected chi connectivity index (χ1v) is 10.2. The minimum atomic E-state index is 0.0213. The van der Waals surface area contributed by atoms with Gasteiger partial charge in [0.2, 0.25) is 0 Å². The lowest BCUT2D eigenvalue weighted by Crippen LogP contribution is -2.62. The average Bonchev–Trinajstić information content (AvgIpc) is 2.65. The van der Waals surface area contributed by atoms with Crippen molar-refractivity contribution in [2.75, 3.05) is 13.1 Å². The van der Waals surface area contributed by atoms with Crippen LogP contribution in [0, 0.1) is 5.92 Å². The Hall–Kier alpha value is -1.56. The van der Waals surface area contributed by atoms with E-state index in [0.29, 0.717) is 22.5 Å². The molecule has 0 spiro atoms. The summed E-state index contributed by atoms with van der Waals surface area (Å²) in [6, 6.07) is 12.0. The van der Waals surface area contributed by atoms with Gasteiger partial charge in [-0.25, -0.2) is 4.98 Å². The van der Waals surface area contributed by atoms with Gasteiger partial charge in [0.1, 0.15) is 5.03 Å². The van der Waals surface area contributed by atoms with Crippen LogP contribution in [0.2, 0.25) is 5.02 Å². The van der Waals surface area contributed by atoms with Gasteiger partial charge in [0, 0.05) is 33.8 Å². The maximum atomic E-state index is 12.7. The van der Waals surface area contributed by atoms with Crippen LogP contribution >= 0.6 is 23.4 Å². The molecule has 1 aromatic carbocycles. The van der Waals surface area contributed by atoms with Crippen LogP contribution in [-0.4, -0.2) is 41.0 Å². The lowest BCUT2D eigenvalue weighted by molar-refractivity contribution is 0.0217. The van der Waals surface area contributed by atoms with Gasteiger partial charge in [-0.2, -0.15) is 0 Å². The van der Waals surface area contributed by atoms with Crippen molar-refractivity contribution in [3.63, 3.8) is 0 Å². The number of amides is 1. The molecule has 3 saturated heterocycles. The summed E-state index contributed by atoms with van der Waals surface area (Å²) >= 11 is 7.53. The fourth-order valence-electron chi connectivity index (χ4n) is 4.02. The van der Waals surface area contributed by atoms with Gasteiger partial charge in [0.15, 0.2) is 0 Å². The highest BCUT2D eigenvalue weighted by molar-refractivity contribution is 7.99. The van der Waals surface area contributed by atoms with E-state index in [1.807, 2.05) is 30.3 Å². The van der Waals surface area contributed by atoms with Crippen molar-refractivity contribution in [1.29, 1.82) is 0 Å². The highest BCUT2D eigenvalue weighted by atomic mass is 35.5. The summed E-state index contributed by atoms with van der Waals surface area (Å²) in [5.41, 5.74) is 0.706. The summed E-state index contributed by atoms with van der Waals surface area (Å²) in [4.78, 5) is 20.5. The second-order valence-electron chi connectivity index (χ2n) is 7.05. The summed E-state index contributed by atoms with van der Waals surface area (Å²) in [5, 5.41) is 4.79. The number of halogens is 1. The van der Waals surface area contributed by atoms with Gasteiger partial charge in [-0.3, -0.25) is 9.69 Å². The maximum Gasteiger partial charge on any atom is 0.251 e. The quantitative estimate of drug-likeness (QED) is 0.857. The molecule has 2 aromatic rings. The van der Waals surface area contributed by atoms with Crippen LogP contribution in [0.15, 0.2) is 52.5 Å². The zero-order valence-corrected chi connectivity index (χ0v) is 16.3. The molecule has 4 heterocycles. The van der Waals surface area contributed by atoms with Gasteiger partial charge < -0.3 is 5.32 Å². The molecule has 5 rings (SSSR count). The highest BCUT2D eigenvalue weighted by Gasteiger charge is 2.40. The summed E-state index contributed by atoms with van der Waals surface area (Å²) < 4.78 is 0. The summed E-state index contributed by atoms with van der Waals surface area (Å²) in [6.07, 6.45) is 4.08. The Labute approximate surface area is 163 Å². The predicted molar refractivity (Wildman–Crippen MR) is 105 cm³/mol. The van der Waals surface area contributed by atoms with E-state index in [0.717, 1.165) is 9.92 Å². The summed E-state index contributed by atoms with van der Waals surface area (Å²) in [5.74, 6) is 0.635. The van der Waals surface area contributed by atoms with Gasteiger partial charge in [-0.05, 0) is 75.2 Å². The fraction of sp³-hybridized carbons (Fsp3) is 0.400. The first-order chi connectivity index (χ1) is 12.6. The largest absolute Gasteiger partial charge is 0.347 e. The van der Waals surface area contributed by atoms with Crippen molar-refractivity contribution in [3.05, 3.63) is 53.2 Å². The highest BCUT2D eigenvalue weighted by Crippen LogP contribution is 2.32. The Morgan fingerprint density at radius 2 is 1.96 bits per heavy atom. The van der Waals surface area contributed by atoms with Crippen LogP contribution in [0.5, 0.6) is 0 Å². The molecule has 3 aliphatic heterocycles. The number of fused-ring (bicyclic) bond motifs is 3. The molecule has 2 bridgehead atoms. The maximum absolute atomic E-state index is 12.7. The summed E-state index contributed by atoms with van der Waals surface area (Å²) in [7, 11) is 0. The Kier molecular flexibility index (Phi) is 5.20. The fourth-order valence-corrected chi connectivity index (χ4v) is 5.05.